The second-order valence-electron chi connectivity index (χ2n) is 7.60. The standard InChI is InChI=1S/C20H23N/c1-13-4-7-18(21-13)9-15-6-5-14-8-16-11-20(2,3)12-17(16)10-19(14)15/h4-8,10,15,21H,9,11-12H2,1-3H3. The van der Waals surface area contributed by atoms with Gasteiger partial charge in [0.05, 0.1) is 0 Å². The van der Waals surface area contributed by atoms with Crippen LogP contribution in [0.3, 0.4) is 0 Å². The number of fused-ring (bicyclic) bond motifs is 2. The summed E-state index contributed by atoms with van der Waals surface area (Å²) in [7, 11) is 0. The van der Waals surface area contributed by atoms with E-state index in [1.54, 1.807) is 11.1 Å². The zero-order valence-corrected chi connectivity index (χ0v) is 13.2. The zero-order chi connectivity index (χ0) is 14.6. The Kier molecular flexibility index (Phi) is 2.69. The largest absolute Gasteiger partial charge is 0.362 e. The predicted octanol–water partition coefficient (Wildman–Crippen LogP) is 4.80. The van der Waals surface area contributed by atoms with E-state index in [0.29, 0.717) is 11.3 Å². The third-order valence-corrected chi connectivity index (χ3v) is 4.98. The third kappa shape index (κ3) is 2.25. The predicted molar refractivity (Wildman–Crippen MR) is 88.6 cm³/mol. The Labute approximate surface area is 127 Å². The van der Waals surface area contributed by atoms with Crippen molar-refractivity contribution in [3.8, 4) is 0 Å². The molecule has 0 radical (unpaired) electrons. The van der Waals surface area contributed by atoms with Crippen molar-refractivity contribution in [1.82, 2.24) is 4.98 Å². The van der Waals surface area contributed by atoms with E-state index >= 15 is 0 Å². The van der Waals surface area contributed by atoms with Crippen LogP contribution < -0.4 is 0 Å². The van der Waals surface area contributed by atoms with Gasteiger partial charge in [0.1, 0.15) is 0 Å². The molecule has 0 saturated heterocycles. The normalized spacial score (nSPS) is 21.6. The maximum atomic E-state index is 3.47. The summed E-state index contributed by atoms with van der Waals surface area (Å²) in [6.07, 6.45) is 8.23. The summed E-state index contributed by atoms with van der Waals surface area (Å²) in [5, 5.41) is 0. The molecule has 2 aromatic rings. The van der Waals surface area contributed by atoms with Gasteiger partial charge in [-0.1, -0.05) is 38.1 Å². The first-order valence-electron chi connectivity index (χ1n) is 7.99. The first-order valence-corrected chi connectivity index (χ1v) is 7.99. The quantitative estimate of drug-likeness (QED) is 0.811. The van der Waals surface area contributed by atoms with Crippen LogP contribution in [-0.2, 0) is 19.3 Å². The molecule has 1 heterocycles. The Hall–Kier alpha value is -1.76. The number of allylic oxidation sites excluding steroid dienone is 1. The molecule has 1 nitrogen and oxygen atoms in total. The van der Waals surface area contributed by atoms with E-state index in [2.05, 4.69) is 62.2 Å². The lowest BCUT2D eigenvalue weighted by Crippen LogP contribution is -2.09. The Morgan fingerprint density at radius 3 is 2.62 bits per heavy atom. The Bertz CT molecular complexity index is 730. The molecule has 0 saturated carbocycles. The van der Waals surface area contributed by atoms with E-state index in [9.17, 15) is 0 Å². The Balaban J connectivity index is 1.65. The molecule has 1 aromatic heterocycles. The number of aromatic amines is 1. The number of hydrogen-bond donors (Lipinski definition) is 1. The Morgan fingerprint density at radius 1 is 1.14 bits per heavy atom. The van der Waals surface area contributed by atoms with Crippen molar-refractivity contribution in [3.63, 3.8) is 0 Å². The molecule has 1 aromatic carbocycles. The van der Waals surface area contributed by atoms with Gasteiger partial charge in [0.25, 0.3) is 0 Å². The highest BCUT2D eigenvalue weighted by molar-refractivity contribution is 5.65. The van der Waals surface area contributed by atoms with Crippen molar-refractivity contribution >= 4 is 6.08 Å². The molecule has 0 aliphatic heterocycles. The topological polar surface area (TPSA) is 15.8 Å². The molecule has 2 aliphatic rings. The van der Waals surface area contributed by atoms with Gasteiger partial charge in [-0.2, -0.15) is 0 Å². The molecule has 0 fully saturated rings. The molecule has 108 valence electrons. The maximum Gasteiger partial charge on any atom is 0.0158 e. The average Bonchev–Trinajstić information content (AvgIpc) is 3.04. The van der Waals surface area contributed by atoms with E-state index in [1.165, 1.54) is 35.4 Å². The number of H-pyrrole nitrogens is 1. The van der Waals surface area contributed by atoms with Gasteiger partial charge in [-0.25, -0.2) is 0 Å². The number of benzene rings is 1. The lowest BCUT2D eigenvalue weighted by atomic mass is 9.90. The number of aryl methyl sites for hydroxylation is 1. The molecule has 1 unspecified atom stereocenters. The molecule has 0 amide bonds. The Morgan fingerprint density at radius 2 is 1.90 bits per heavy atom. The van der Waals surface area contributed by atoms with Crippen LogP contribution >= 0.6 is 0 Å². The maximum absolute atomic E-state index is 3.47. The zero-order valence-electron chi connectivity index (χ0n) is 13.2. The number of hydrogen-bond acceptors (Lipinski definition) is 0. The van der Waals surface area contributed by atoms with E-state index in [0.717, 1.165) is 6.42 Å². The van der Waals surface area contributed by atoms with Crippen LogP contribution in [0.15, 0.2) is 30.3 Å². The van der Waals surface area contributed by atoms with Crippen LogP contribution in [-0.4, -0.2) is 4.98 Å². The molecule has 2 aliphatic carbocycles. The van der Waals surface area contributed by atoms with E-state index in [-0.39, 0.29) is 0 Å². The first kappa shape index (κ1) is 12.9. The highest BCUT2D eigenvalue weighted by atomic mass is 14.7. The van der Waals surface area contributed by atoms with Crippen molar-refractivity contribution in [2.24, 2.45) is 5.41 Å². The minimum absolute atomic E-state index is 0.438. The first-order chi connectivity index (χ1) is 10.00. The van der Waals surface area contributed by atoms with Gasteiger partial charge < -0.3 is 4.98 Å². The molecule has 0 bridgehead atoms. The fourth-order valence-corrected chi connectivity index (χ4v) is 4.04. The average molecular weight is 277 g/mol. The van der Waals surface area contributed by atoms with Gasteiger partial charge >= 0.3 is 0 Å². The minimum atomic E-state index is 0.438. The van der Waals surface area contributed by atoms with Crippen LogP contribution in [0.1, 0.15) is 53.4 Å². The van der Waals surface area contributed by atoms with Crippen LogP contribution in [0.2, 0.25) is 0 Å². The van der Waals surface area contributed by atoms with Crippen LogP contribution in [0.4, 0.5) is 0 Å². The minimum Gasteiger partial charge on any atom is -0.362 e. The SMILES string of the molecule is Cc1ccc(CC2C=Cc3cc4c(cc32)CC(C)(C)C4)[nH]1. The van der Waals surface area contributed by atoms with Crippen molar-refractivity contribution in [3.05, 3.63) is 64.0 Å². The van der Waals surface area contributed by atoms with E-state index < -0.39 is 0 Å². The summed E-state index contributed by atoms with van der Waals surface area (Å²) in [4.78, 5) is 3.47. The van der Waals surface area contributed by atoms with Gasteiger partial charge in [0, 0.05) is 17.3 Å². The highest BCUT2D eigenvalue weighted by Gasteiger charge is 2.30. The molecule has 21 heavy (non-hydrogen) atoms. The van der Waals surface area contributed by atoms with Crippen LogP contribution in [0, 0.1) is 12.3 Å². The third-order valence-electron chi connectivity index (χ3n) is 4.98. The summed E-state index contributed by atoms with van der Waals surface area (Å²) >= 11 is 0. The molecule has 1 N–H and O–H groups in total. The second kappa shape index (κ2) is 4.37. The van der Waals surface area contributed by atoms with Crippen LogP contribution in [0.5, 0.6) is 0 Å². The van der Waals surface area contributed by atoms with E-state index in [1.807, 2.05) is 0 Å². The highest BCUT2D eigenvalue weighted by Crippen LogP contribution is 2.41. The van der Waals surface area contributed by atoms with Crippen molar-refractivity contribution in [2.75, 3.05) is 0 Å². The van der Waals surface area contributed by atoms with Gasteiger partial charge in [-0.3, -0.25) is 0 Å². The van der Waals surface area contributed by atoms with Gasteiger partial charge in [0.2, 0.25) is 0 Å². The van der Waals surface area contributed by atoms with Crippen molar-refractivity contribution < 1.29 is 0 Å². The molecular weight excluding hydrogens is 254 g/mol. The fraction of sp³-hybridized carbons (Fsp3) is 0.400. The fourth-order valence-electron chi connectivity index (χ4n) is 4.04. The summed E-state index contributed by atoms with van der Waals surface area (Å²) in [5.74, 6) is 0.534. The molecular formula is C20H23N. The van der Waals surface area contributed by atoms with Crippen molar-refractivity contribution in [1.29, 1.82) is 0 Å². The summed E-state index contributed by atoms with van der Waals surface area (Å²) in [6.45, 7) is 6.89. The summed E-state index contributed by atoms with van der Waals surface area (Å²) in [6, 6.07) is 9.31. The van der Waals surface area contributed by atoms with Crippen LogP contribution in [0.25, 0.3) is 6.08 Å². The molecule has 4 rings (SSSR count). The molecule has 1 atom stereocenters. The van der Waals surface area contributed by atoms with Gasteiger partial charge in [-0.15, -0.1) is 0 Å². The molecule has 0 spiro atoms. The molecule has 1 heteroatoms. The van der Waals surface area contributed by atoms with Crippen molar-refractivity contribution in [2.45, 2.75) is 46.0 Å². The number of aromatic nitrogens is 1. The van der Waals surface area contributed by atoms with Gasteiger partial charge in [0.15, 0.2) is 0 Å². The van der Waals surface area contributed by atoms with E-state index in [4.69, 9.17) is 0 Å². The number of rotatable bonds is 2. The lowest BCUT2D eigenvalue weighted by molar-refractivity contribution is 0.392. The smallest absolute Gasteiger partial charge is 0.0158 e. The summed E-state index contributed by atoms with van der Waals surface area (Å²) in [5.41, 5.74) is 9.15. The monoisotopic (exact) mass is 277 g/mol. The van der Waals surface area contributed by atoms with Gasteiger partial charge in [-0.05, 0) is 66.0 Å². The summed E-state index contributed by atoms with van der Waals surface area (Å²) < 4.78 is 0. The number of nitrogens with one attached hydrogen (secondary N) is 1. The second-order valence-corrected chi connectivity index (χ2v) is 7.60. The lowest BCUT2D eigenvalue weighted by Gasteiger charge is -2.14.